The van der Waals surface area contributed by atoms with Gasteiger partial charge in [-0.2, -0.15) is 0 Å². The van der Waals surface area contributed by atoms with E-state index in [9.17, 15) is 0 Å². The van der Waals surface area contributed by atoms with Crippen LogP contribution in [-0.4, -0.2) is 12.4 Å². The van der Waals surface area contributed by atoms with Crippen LogP contribution in [0.3, 0.4) is 0 Å². The number of aryl methyl sites for hydroxylation is 1. The highest BCUT2D eigenvalue weighted by Crippen LogP contribution is 2.23. The predicted octanol–water partition coefficient (Wildman–Crippen LogP) is 3.74. The zero-order chi connectivity index (χ0) is 14.4. The molecule has 3 nitrogen and oxygen atoms in total. The average molecular weight is 333 g/mol. The standard InChI is InChI=1S/C16H17BrN2O/c17-13-8-9-15(14(11-13)16(18)19)20-10-4-7-12-5-2-1-3-6-12/h1-3,5-6,8-9,11H,4,7,10H2,(H3,18,19). The maximum Gasteiger partial charge on any atom is 0.130 e. The summed E-state index contributed by atoms with van der Waals surface area (Å²) in [6, 6.07) is 15.8. The van der Waals surface area contributed by atoms with Crippen LogP contribution in [0.1, 0.15) is 17.5 Å². The van der Waals surface area contributed by atoms with Crippen molar-refractivity contribution in [3.63, 3.8) is 0 Å². The molecule has 3 N–H and O–H groups in total. The molecule has 0 saturated carbocycles. The third kappa shape index (κ3) is 4.10. The lowest BCUT2D eigenvalue weighted by molar-refractivity contribution is 0.310. The van der Waals surface area contributed by atoms with Crippen LogP contribution < -0.4 is 10.5 Å². The van der Waals surface area contributed by atoms with Gasteiger partial charge in [-0.05, 0) is 36.6 Å². The fourth-order valence-corrected chi connectivity index (χ4v) is 2.30. The minimum absolute atomic E-state index is 0.0179. The molecule has 0 radical (unpaired) electrons. The number of hydrogen-bond acceptors (Lipinski definition) is 2. The molecule has 2 aromatic carbocycles. The Morgan fingerprint density at radius 3 is 2.60 bits per heavy atom. The van der Waals surface area contributed by atoms with Crippen molar-refractivity contribution in [3.05, 3.63) is 64.1 Å². The van der Waals surface area contributed by atoms with Crippen molar-refractivity contribution >= 4 is 21.8 Å². The molecule has 0 aliphatic heterocycles. The van der Waals surface area contributed by atoms with Crippen molar-refractivity contribution in [1.82, 2.24) is 0 Å². The van der Waals surface area contributed by atoms with Gasteiger partial charge in [0.1, 0.15) is 11.6 Å². The molecule has 0 amide bonds. The summed E-state index contributed by atoms with van der Waals surface area (Å²) >= 11 is 3.37. The second-order valence-corrected chi connectivity index (χ2v) is 5.41. The Bertz CT molecular complexity index is 584. The summed E-state index contributed by atoms with van der Waals surface area (Å²) in [7, 11) is 0. The van der Waals surface area contributed by atoms with Crippen molar-refractivity contribution in [3.8, 4) is 5.75 Å². The first-order valence-electron chi connectivity index (χ1n) is 6.47. The van der Waals surface area contributed by atoms with E-state index in [2.05, 4.69) is 28.1 Å². The summed E-state index contributed by atoms with van der Waals surface area (Å²) in [4.78, 5) is 0. The van der Waals surface area contributed by atoms with Gasteiger partial charge in [0.2, 0.25) is 0 Å². The van der Waals surface area contributed by atoms with E-state index < -0.39 is 0 Å². The summed E-state index contributed by atoms with van der Waals surface area (Å²) < 4.78 is 6.62. The van der Waals surface area contributed by atoms with Gasteiger partial charge in [-0.1, -0.05) is 46.3 Å². The Labute approximate surface area is 127 Å². The van der Waals surface area contributed by atoms with E-state index in [1.165, 1.54) is 5.56 Å². The topological polar surface area (TPSA) is 59.1 Å². The molecule has 104 valence electrons. The van der Waals surface area contributed by atoms with Crippen LogP contribution in [0.2, 0.25) is 0 Å². The van der Waals surface area contributed by atoms with Gasteiger partial charge >= 0.3 is 0 Å². The number of nitrogens with one attached hydrogen (secondary N) is 1. The molecule has 0 bridgehead atoms. The van der Waals surface area contributed by atoms with Crippen molar-refractivity contribution in [2.75, 3.05) is 6.61 Å². The van der Waals surface area contributed by atoms with Crippen LogP contribution in [0, 0.1) is 5.41 Å². The maximum atomic E-state index is 7.56. The molecule has 0 fully saturated rings. The first-order valence-corrected chi connectivity index (χ1v) is 7.27. The van der Waals surface area contributed by atoms with Gasteiger partial charge in [0.25, 0.3) is 0 Å². The molecule has 2 aromatic rings. The van der Waals surface area contributed by atoms with E-state index in [4.69, 9.17) is 15.9 Å². The minimum atomic E-state index is 0.0179. The fourth-order valence-electron chi connectivity index (χ4n) is 1.94. The monoisotopic (exact) mass is 332 g/mol. The van der Waals surface area contributed by atoms with Gasteiger partial charge in [-0.3, -0.25) is 5.41 Å². The number of hydrogen-bond donors (Lipinski definition) is 2. The van der Waals surface area contributed by atoms with E-state index in [-0.39, 0.29) is 5.84 Å². The Morgan fingerprint density at radius 2 is 1.90 bits per heavy atom. The smallest absolute Gasteiger partial charge is 0.130 e. The summed E-state index contributed by atoms with van der Waals surface area (Å²) in [5, 5.41) is 7.56. The molecule has 0 aromatic heterocycles. The quantitative estimate of drug-likeness (QED) is 0.481. The zero-order valence-electron chi connectivity index (χ0n) is 11.1. The lowest BCUT2D eigenvalue weighted by Crippen LogP contribution is -2.13. The molecule has 0 aliphatic carbocycles. The maximum absolute atomic E-state index is 7.56. The Morgan fingerprint density at radius 1 is 1.15 bits per heavy atom. The molecule has 0 heterocycles. The molecular formula is C16H17BrN2O. The molecule has 0 saturated heterocycles. The number of halogens is 1. The van der Waals surface area contributed by atoms with Crippen LogP contribution in [0.4, 0.5) is 0 Å². The van der Waals surface area contributed by atoms with Crippen LogP contribution in [0.15, 0.2) is 53.0 Å². The van der Waals surface area contributed by atoms with Gasteiger partial charge in [0.05, 0.1) is 12.2 Å². The van der Waals surface area contributed by atoms with Crippen molar-refractivity contribution < 1.29 is 4.74 Å². The largest absolute Gasteiger partial charge is 0.493 e. The third-order valence-electron chi connectivity index (χ3n) is 2.94. The predicted molar refractivity (Wildman–Crippen MR) is 85.4 cm³/mol. The highest BCUT2D eigenvalue weighted by atomic mass is 79.9. The van der Waals surface area contributed by atoms with Gasteiger partial charge < -0.3 is 10.5 Å². The van der Waals surface area contributed by atoms with E-state index in [0.717, 1.165) is 17.3 Å². The fraction of sp³-hybridized carbons (Fsp3) is 0.188. The second-order valence-electron chi connectivity index (χ2n) is 4.49. The molecule has 2 rings (SSSR count). The number of nitrogens with two attached hydrogens (primary N) is 1. The molecule has 0 spiro atoms. The number of rotatable bonds is 6. The van der Waals surface area contributed by atoms with Gasteiger partial charge in [0, 0.05) is 4.47 Å². The van der Waals surface area contributed by atoms with E-state index in [0.29, 0.717) is 17.9 Å². The number of amidine groups is 1. The third-order valence-corrected chi connectivity index (χ3v) is 3.44. The summed E-state index contributed by atoms with van der Waals surface area (Å²) in [5.41, 5.74) is 7.49. The molecular weight excluding hydrogens is 316 g/mol. The van der Waals surface area contributed by atoms with Crippen molar-refractivity contribution in [2.24, 2.45) is 5.73 Å². The molecule has 0 atom stereocenters. The van der Waals surface area contributed by atoms with Gasteiger partial charge in [0.15, 0.2) is 0 Å². The van der Waals surface area contributed by atoms with Gasteiger partial charge in [-0.25, -0.2) is 0 Å². The lowest BCUT2D eigenvalue weighted by Gasteiger charge is -2.11. The normalized spacial score (nSPS) is 10.2. The summed E-state index contributed by atoms with van der Waals surface area (Å²) in [5.74, 6) is 0.679. The number of benzene rings is 2. The summed E-state index contributed by atoms with van der Waals surface area (Å²) in [6.07, 6.45) is 1.91. The second kappa shape index (κ2) is 7.10. The van der Waals surface area contributed by atoms with Crippen molar-refractivity contribution in [2.45, 2.75) is 12.8 Å². The summed E-state index contributed by atoms with van der Waals surface area (Å²) in [6.45, 7) is 0.608. The molecule has 4 heteroatoms. The highest BCUT2D eigenvalue weighted by Gasteiger charge is 2.07. The minimum Gasteiger partial charge on any atom is -0.493 e. The van der Waals surface area contributed by atoms with Crippen LogP contribution in [0.5, 0.6) is 5.75 Å². The first-order chi connectivity index (χ1) is 9.66. The molecule has 0 aliphatic rings. The Hall–Kier alpha value is -1.81. The number of ether oxygens (including phenoxy) is 1. The first kappa shape index (κ1) is 14.6. The van der Waals surface area contributed by atoms with E-state index >= 15 is 0 Å². The Balaban J connectivity index is 1.90. The molecule has 0 unspecified atom stereocenters. The van der Waals surface area contributed by atoms with Gasteiger partial charge in [-0.15, -0.1) is 0 Å². The van der Waals surface area contributed by atoms with E-state index in [1.807, 2.05) is 30.3 Å². The number of nitrogen functional groups attached to an aromatic ring is 1. The highest BCUT2D eigenvalue weighted by molar-refractivity contribution is 9.10. The molecule has 20 heavy (non-hydrogen) atoms. The average Bonchev–Trinajstić information content (AvgIpc) is 2.45. The zero-order valence-corrected chi connectivity index (χ0v) is 12.7. The van der Waals surface area contributed by atoms with E-state index in [1.54, 1.807) is 6.07 Å². The SMILES string of the molecule is N=C(N)c1cc(Br)ccc1OCCCc1ccccc1. The van der Waals surface area contributed by atoms with Crippen LogP contribution in [-0.2, 0) is 6.42 Å². The van der Waals surface area contributed by atoms with Crippen molar-refractivity contribution in [1.29, 1.82) is 5.41 Å². The van der Waals surface area contributed by atoms with Crippen LogP contribution in [0.25, 0.3) is 0 Å². The Kier molecular flexibility index (Phi) is 5.18. The van der Waals surface area contributed by atoms with Crippen LogP contribution >= 0.6 is 15.9 Å². The lowest BCUT2D eigenvalue weighted by atomic mass is 10.1.